The number of aliphatic hydroxyl groups is 4. The second-order valence-electron chi connectivity index (χ2n) is 13.5. The summed E-state index contributed by atoms with van der Waals surface area (Å²) in [5, 5.41) is 43.9. The summed E-state index contributed by atoms with van der Waals surface area (Å²) < 4.78 is 107. The molecule has 2 fully saturated rings. The summed E-state index contributed by atoms with van der Waals surface area (Å²) >= 11 is 0. The number of nitrogens with two attached hydrogens (primary N) is 2. The molecular formula is C26H33N13O24P6-6. The van der Waals surface area contributed by atoms with Crippen molar-refractivity contribution in [2.24, 2.45) is 5.11 Å². The van der Waals surface area contributed by atoms with Gasteiger partial charge in [-0.2, -0.15) is 0 Å². The van der Waals surface area contributed by atoms with Gasteiger partial charge in [-0.3, -0.25) is 36.0 Å². The topological polar surface area (TPSA) is 584 Å². The summed E-state index contributed by atoms with van der Waals surface area (Å²) in [5.41, 5.74) is 20.1. The van der Waals surface area contributed by atoms with Crippen molar-refractivity contribution < 1.29 is 113 Å². The fourth-order valence-corrected chi connectivity index (χ4v) is 13.4. The van der Waals surface area contributed by atoms with Gasteiger partial charge in [0, 0.05) is 30.2 Å². The molecule has 14 atom stereocenters. The lowest BCUT2D eigenvalue weighted by Gasteiger charge is -2.35. The Morgan fingerprint density at radius 3 is 1.46 bits per heavy atom. The molecule has 6 rings (SSSR count). The minimum absolute atomic E-state index is 0.0239. The summed E-state index contributed by atoms with van der Waals surface area (Å²) in [6.07, 6.45) is -5.24. The van der Waals surface area contributed by atoms with Crippen molar-refractivity contribution in [3.8, 4) is 12.3 Å². The average Bonchev–Trinajstić information content (AvgIpc) is 3.99. The highest BCUT2D eigenvalue weighted by Gasteiger charge is 2.46. The number of phosphoric ester groups is 2. The van der Waals surface area contributed by atoms with Crippen LogP contribution in [0, 0.1) is 12.3 Å². The molecule has 6 heterocycles. The number of azide groups is 1. The number of aromatic nitrogens is 8. The molecule has 69 heavy (non-hydrogen) atoms. The van der Waals surface area contributed by atoms with E-state index in [1.807, 2.05) is 5.92 Å². The molecule has 4 aromatic heterocycles. The molecule has 0 radical (unpaired) electrons. The maximum Gasteiger partial charge on any atom is 0.279 e. The monoisotopic (exact) mass is 1100 g/mol. The molecule has 43 heteroatoms. The number of nitrogen functional groups attached to an aromatic ring is 2. The Balaban J connectivity index is 0.000000258. The molecule has 0 aromatic carbocycles. The fourth-order valence-electron chi connectivity index (χ4n) is 5.76. The van der Waals surface area contributed by atoms with Gasteiger partial charge in [0.05, 0.1) is 25.9 Å². The number of hydrogen-bond acceptors (Lipinski definition) is 33. The number of anilines is 2. The molecule has 4 aromatic rings. The van der Waals surface area contributed by atoms with Crippen LogP contribution in [0.5, 0.6) is 0 Å². The van der Waals surface area contributed by atoms with Gasteiger partial charge >= 0.3 is 0 Å². The van der Waals surface area contributed by atoms with E-state index in [0.29, 0.717) is 0 Å². The number of nitrogens with zero attached hydrogens (tertiary/aromatic N) is 11. The van der Waals surface area contributed by atoms with E-state index in [2.05, 4.69) is 66.2 Å². The first-order valence-corrected chi connectivity index (χ1v) is 27.6. The third kappa shape index (κ3) is 14.9. The van der Waals surface area contributed by atoms with Crippen LogP contribution in [0.25, 0.3) is 32.8 Å². The quantitative estimate of drug-likeness (QED) is 0.0150. The number of ether oxygens (including phenoxy) is 2. The predicted octanol–water partition coefficient (Wildman–Crippen LogP) is -4.53. The fraction of sp³-hybridized carbons (Fsp3) is 0.538. The van der Waals surface area contributed by atoms with Gasteiger partial charge in [0.15, 0.2) is 35.4 Å². The molecule has 0 bridgehead atoms. The molecule has 0 saturated carbocycles. The molecule has 2 aliphatic rings. The number of imidazole rings is 2. The maximum atomic E-state index is 11.9. The average molecular weight is 1100 g/mol. The summed E-state index contributed by atoms with van der Waals surface area (Å²) in [4.78, 5) is 95.8. The SMILES string of the molecule is C#CCCP(=O)([O-])OP(=O)([O-])OP(=O)([O-])OC[C@H]1O[C@@H](n2cnc3c(N)ncnc32)[C@@H](O)C1O.[N-]=[N+]=NCCP(=O)([O-])OP(=O)([O-])OP(=O)([O-])OC[C@H]1O[C@@H](n2cnc3c(N)ncnc32)[C@@H](O)C1O. The van der Waals surface area contributed by atoms with E-state index < -0.39 is 134 Å². The Bertz CT molecular complexity index is 2880. The highest BCUT2D eigenvalue weighted by Crippen LogP contribution is 2.64. The minimum atomic E-state index is -6.01. The van der Waals surface area contributed by atoms with Crippen molar-refractivity contribution >= 4 is 80.4 Å². The Labute approximate surface area is 384 Å². The zero-order valence-corrected chi connectivity index (χ0v) is 39.3. The number of rotatable bonds is 21. The molecule has 8 N–H and O–H groups in total. The lowest BCUT2D eigenvalue weighted by atomic mass is 10.1. The Hall–Kier alpha value is -3.77. The van der Waals surface area contributed by atoms with Crippen LogP contribution in [0.4, 0.5) is 11.6 Å². The Morgan fingerprint density at radius 1 is 0.667 bits per heavy atom. The van der Waals surface area contributed by atoms with Gasteiger partial charge in [0.1, 0.15) is 75.5 Å². The molecule has 37 nitrogen and oxygen atoms in total. The third-order valence-electron chi connectivity index (χ3n) is 8.71. The molecule has 382 valence electrons. The first-order valence-electron chi connectivity index (χ1n) is 18.3. The summed E-state index contributed by atoms with van der Waals surface area (Å²) in [5.74, 6) is 2.00. The normalized spacial score (nSPS) is 27.8. The van der Waals surface area contributed by atoms with E-state index in [4.69, 9.17) is 32.9 Å². The van der Waals surface area contributed by atoms with Crippen molar-refractivity contribution in [2.45, 2.75) is 55.5 Å². The van der Waals surface area contributed by atoms with Crippen LogP contribution < -0.4 is 40.8 Å². The van der Waals surface area contributed by atoms with E-state index in [1.54, 1.807) is 0 Å². The molecule has 2 aliphatic heterocycles. The second kappa shape index (κ2) is 22.3. The van der Waals surface area contributed by atoms with Gasteiger partial charge in [-0.05, 0) is 5.53 Å². The molecule has 0 spiro atoms. The molecule has 2 saturated heterocycles. The van der Waals surface area contributed by atoms with E-state index in [9.17, 15) is 77.2 Å². The van der Waals surface area contributed by atoms with Crippen molar-refractivity contribution in [3.63, 3.8) is 0 Å². The van der Waals surface area contributed by atoms with Crippen LogP contribution in [0.15, 0.2) is 30.4 Å². The standard InChI is InChI=1S/C14H20N5O12P3.C12H19N8O12P3/c1-2-3-4-32(22,23)30-34(26,27)31-33(24,25)28-5-8-10(20)11(21)14(29-8)19-7-18-9-12(15)16-6-17-13(9)19;13-10-7-11(16-4-15-10)20(5-17-7)12-9(22)8(21)6(30-12)3-29-34(25,26)32-35(27,28)31-33(23,24)2-1-18-19-14/h1,6-8,10-11,14,20-21H,3-5H2,(H,22,23)(H,24,25)(H,26,27)(H2,15,16,17);4-6,8-9,12,21-22H,1-3H2,(H,23,24)(H,25,26)(H,27,28)(H2,13,15,16)/p-6/t8-,10?,11+,14-;6-,8?,9+,12-/m11/s1. The smallest absolute Gasteiger partial charge is 0.279 e. The number of fused-ring (bicyclic) bond motifs is 2. The van der Waals surface area contributed by atoms with E-state index in [-0.39, 0.29) is 34.0 Å². The molecule has 8 unspecified atom stereocenters. The van der Waals surface area contributed by atoms with Gasteiger partial charge in [-0.15, -0.1) is 12.3 Å². The number of phosphoric acid groups is 4. The first kappa shape index (κ1) is 56.1. The van der Waals surface area contributed by atoms with Crippen LogP contribution in [0.2, 0.25) is 0 Å². The van der Waals surface area contributed by atoms with Crippen LogP contribution >= 0.6 is 46.5 Å². The first-order chi connectivity index (χ1) is 32.0. The zero-order valence-electron chi connectivity index (χ0n) is 34.0. The Morgan fingerprint density at radius 2 is 1.07 bits per heavy atom. The van der Waals surface area contributed by atoms with Crippen LogP contribution in [-0.4, -0.2) is 128 Å². The lowest BCUT2D eigenvalue weighted by Crippen LogP contribution is -2.34. The van der Waals surface area contributed by atoms with Crippen molar-refractivity contribution in [1.82, 2.24) is 39.0 Å². The van der Waals surface area contributed by atoms with Crippen LogP contribution in [0.3, 0.4) is 0 Å². The lowest BCUT2D eigenvalue weighted by molar-refractivity contribution is -0.249. The van der Waals surface area contributed by atoms with Crippen LogP contribution in [-0.2, 0) is 63.2 Å². The maximum absolute atomic E-state index is 11.9. The number of terminal acetylenes is 1. The van der Waals surface area contributed by atoms with Gasteiger partial charge in [0.2, 0.25) is 0 Å². The second-order valence-corrected chi connectivity index (χ2v) is 23.6. The van der Waals surface area contributed by atoms with Gasteiger partial charge < -0.3 is 88.9 Å². The van der Waals surface area contributed by atoms with E-state index in [0.717, 1.165) is 12.7 Å². The zero-order chi connectivity index (χ0) is 51.3. The Kier molecular flexibility index (Phi) is 18.2. The third-order valence-corrected chi connectivity index (χ3v) is 17.9. The van der Waals surface area contributed by atoms with E-state index in [1.165, 1.54) is 21.8 Å². The van der Waals surface area contributed by atoms with Crippen molar-refractivity contribution in [3.05, 3.63) is 35.8 Å². The van der Waals surface area contributed by atoms with E-state index >= 15 is 0 Å². The number of hydrogen-bond donors (Lipinski definition) is 6. The molecule has 0 aliphatic carbocycles. The van der Waals surface area contributed by atoms with Crippen LogP contribution in [0.1, 0.15) is 18.9 Å². The summed E-state index contributed by atoms with van der Waals surface area (Å²) in [6, 6.07) is 0. The summed E-state index contributed by atoms with van der Waals surface area (Å²) in [7, 11) is -33.7. The summed E-state index contributed by atoms with van der Waals surface area (Å²) in [6.45, 7) is -2.76. The highest BCUT2D eigenvalue weighted by molar-refractivity contribution is 7.67. The minimum Gasteiger partial charge on any atom is -0.778 e. The molecular weight excluding hydrogens is 1060 g/mol. The number of aliphatic hydroxyl groups excluding tert-OH is 4. The van der Waals surface area contributed by atoms with Crippen molar-refractivity contribution in [2.75, 3.05) is 43.5 Å². The predicted molar refractivity (Wildman–Crippen MR) is 210 cm³/mol. The van der Waals surface area contributed by atoms with Gasteiger partial charge in [0.25, 0.3) is 31.3 Å². The van der Waals surface area contributed by atoms with Crippen molar-refractivity contribution in [1.29, 1.82) is 0 Å². The van der Waals surface area contributed by atoms with Gasteiger partial charge in [-0.1, -0.05) is 5.11 Å². The molecule has 0 amide bonds. The highest BCUT2D eigenvalue weighted by atomic mass is 31.3. The van der Waals surface area contributed by atoms with Gasteiger partial charge in [-0.25, -0.2) is 38.5 Å². The largest absolute Gasteiger partial charge is 0.778 e.